The Labute approximate surface area is 139 Å². The van der Waals surface area contributed by atoms with Crippen LogP contribution >= 0.6 is 11.5 Å². The molecule has 0 spiro atoms. The Kier molecular flexibility index (Phi) is 5.74. The molecule has 0 saturated carbocycles. The first-order valence-corrected chi connectivity index (χ1v) is 9.17. The van der Waals surface area contributed by atoms with Crippen LogP contribution in [0.2, 0.25) is 0 Å². The molecule has 23 heavy (non-hydrogen) atoms. The lowest BCUT2D eigenvalue weighted by molar-refractivity contribution is -0.682. The van der Waals surface area contributed by atoms with E-state index in [1.807, 2.05) is 43.3 Å². The van der Waals surface area contributed by atoms with Gasteiger partial charge in [-0.25, -0.2) is 13.0 Å². The highest BCUT2D eigenvalue weighted by Gasteiger charge is 2.12. The lowest BCUT2D eigenvalue weighted by Gasteiger charge is -2.11. The normalized spacial score (nSPS) is 12.0. The van der Waals surface area contributed by atoms with E-state index in [9.17, 15) is 13.0 Å². The fourth-order valence-corrected chi connectivity index (χ4v) is 2.85. The first-order chi connectivity index (χ1) is 10.8. The van der Waals surface area contributed by atoms with Gasteiger partial charge in [-0.05, 0) is 35.1 Å². The number of azo groups is 1. The molecule has 2 rings (SSSR count). The van der Waals surface area contributed by atoms with Gasteiger partial charge in [0.2, 0.25) is 6.33 Å². The minimum atomic E-state index is -4.19. The molecule has 2 aromatic rings. The number of aromatic nitrogens is 2. The van der Waals surface area contributed by atoms with Gasteiger partial charge in [0.1, 0.15) is 17.2 Å². The maximum Gasteiger partial charge on any atom is 0.378 e. The Morgan fingerprint density at radius 3 is 2.57 bits per heavy atom. The zero-order valence-corrected chi connectivity index (χ0v) is 14.4. The number of hydrogen-bond donors (Lipinski definition) is 0. The highest BCUT2D eigenvalue weighted by atomic mass is 32.2. The van der Waals surface area contributed by atoms with Crippen LogP contribution in [-0.2, 0) is 16.7 Å². The summed E-state index contributed by atoms with van der Waals surface area (Å²) in [6.45, 7) is 0.353. The number of rotatable bonds is 7. The van der Waals surface area contributed by atoms with Gasteiger partial charge in [0.15, 0.2) is 0 Å². The van der Waals surface area contributed by atoms with Gasteiger partial charge in [0.25, 0.3) is 0 Å². The zero-order valence-electron chi connectivity index (χ0n) is 12.8. The predicted octanol–water partition coefficient (Wildman–Crippen LogP) is 1.85. The molecular weight excluding hydrogens is 338 g/mol. The fourth-order valence-electron chi connectivity index (χ4n) is 1.79. The summed E-state index contributed by atoms with van der Waals surface area (Å²) in [7, 11) is -0.281. The van der Waals surface area contributed by atoms with Crippen LogP contribution in [0, 0.1) is 0 Å². The number of nitrogens with zero attached hydrogens (tertiary/aromatic N) is 5. The molecule has 0 aliphatic carbocycles. The van der Waals surface area contributed by atoms with Gasteiger partial charge in [-0.3, -0.25) is 0 Å². The molecule has 0 unspecified atom stereocenters. The Balaban J connectivity index is 2.01. The molecule has 0 amide bonds. The van der Waals surface area contributed by atoms with E-state index in [1.54, 1.807) is 10.9 Å². The van der Waals surface area contributed by atoms with Crippen molar-refractivity contribution in [2.75, 3.05) is 24.7 Å². The average Bonchev–Trinajstić information content (AvgIpc) is 2.92. The van der Waals surface area contributed by atoms with Crippen LogP contribution in [0.25, 0.3) is 0 Å². The van der Waals surface area contributed by atoms with Crippen molar-refractivity contribution in [1.29, 1.82) is 0 Å². The van der Waals surface area contributed by atoms with Crippen molar-refractivity contribution in [2.24, 2.45) is 10.2 Å². The van der Waals surface area contributed by atoms with E-state index >= 15 is 0 Å². The summed E-state index contributed by atoms with van der Waals surface area (Å²) >= 11 is 1.15. The van der Waals surface area contributed by atoms with Crippen molar-refractivity contribution in [2.45, 2.75) is 13.0 Å². The van der Waals surface area contributed by atoms with Gasteiger partial charge in [0, 0.05) is 30.6 Å². The third-order valence-electron chi connectivity index (χ3n) is 2.98. The van der Waals surface area contributed by atoms with Crippen molar-refractivity contribution in [3.8, 4) is 0 Å². The van der Waals surface area contributed by atoms with Gasteiger partial charge >= 0.3 is 5.13 Å². The van der Waals surface area contributed by atoms with Crippen LogP contribution in [0.1, 0.15) is 6.42 Å². The predicted molar refractivity (Wildman–Crippen MR) is 86.4 cm³/mol. The number of anilines is 1. The summed E-state index contributed by atoms with van der Waals surface area (Å²) in [5.41, 5.74) is 1.77. The molecule has 1 heterocycles. The van der Waals surface area contributed by atoms with Crippen LogP contribution in [0.5, 0.6) is 0 Å². The Hall–Kier alpha value is -1.91. The highest BCUT2D eigenvalue weighted by Crippen LogP contribution is 2.21. The standard InChI is InChI=1S/C13H17N5O3S2/c1-17(2)12-6-4-11(5-7-12)15-16-13-18(10-14-22-13)8-3-9-23(19,20)21/h4-7,10H,3,8-9H2,1-2H3. The van der Waals surface area contributed by atoms with Crippen molar-refractivity contribution >= 4 is 38.2 Å². The summed E-state index contributed by atoms with van der Waals surface area (Å²) < 4.78 is 37.5. The van der Waals surface area contributed by atoms with E-state index in [1.165, 1.54) is 0 Å². The molecule has 0 atom stereocenters. The summed E-state index contributed by atoms with van der Waals surface area (Å²) in [6, 6.07) is 7.59. The lowest BCUT2D eigenvalue weighted by Crippen LogP contribution is -2.32. The topological polar surface area (TPSA) is 102 Å². The second kappa shape index (κ2) is 7.57. The number of hydrogen-bond acceptors (Lipinski definition) is 8. The first kappa shape index (κ1) is 17.4. The van der Waals surface area contributed by atoms with Crippen LogP contribution < -0.4 is 9.47 Å². The molecule has 0 aliphatic heterocycles. The van der Waals surface area contributed by atoms with Crippen LogP contribution in [0.3, 0.4) is 0 Å². The summed E-state index contributed by atoms with van der Waals surface area (Å²) in [6.07, 6.45) is 1.76. The third kappa shape index (κ3) is 5.66. The largest absolute Gasteiger partial charge is 0.748 e. The second-order valence-corrected chi connectivity index (χ2v) is 7.30. The van der Waals surface area contributed by atoms with Gasteiger partial charge in [0.05, 0.1) is 16.7 Å². The summed E-state index contributed by atoms with van der Waals surface area (Å²) in [5.74, 6) is -0.404. The average molecular weight is 355 g/mol. The molecule has 0 aliphatic rings. The van der Waals surface area contributed by atoms with Crippen molar-refractivity contribution in [1.82, 2.24) is 4.37 Å². The van der Waals surface area contributed by atoms with E-state index in [-0.39, 0.29) is 6.42 Å². The van der Waals surface area contributed by atoms with Gasteiger partial charge in [-0.15, -0.1) is 0 Å². The van der Waals surface area contributed by atoms with Crippen molar-refractivity contribution in [3.05, 3.63) is 30.6 Å². The first-order valence-electron chi connectivity index (χ1n) is 6.82. The zero-order chi connectivity index (χ0) is 16.9. The van der Waals surface area contributed by atoms with Gasteiger partial charge < -0.3 is 9.45 Å². The maximum absolute atomic E-state index is 10.6. The minimum Gasteiger partial charge on any atom is -0.748 e. The molecule has 1 aromatic carbocycles. The van der Waals surface area contributed by atoms with Crippen molar-refractivity contribution < 1.29 is 17.5 Å². The van der Waals surface area contributed by atoms with E-state index in [2.05, 4.69) is 14.6 Å². The van der Waals surface area contributed by atoms with E-state index in [0.717, 1.165) is 17.2 Å². The third-order valence-corrected chi connectivity index (χ3v) is 4.44. The molecule has 1 aromatic heterocycles. The Morgan fingerprint density at radius 1 is 1.26 bits per heavy atom. The van der Waals surface area contributed by atoms with Gasteiger partial charge in [-0.1, -0.05) is 5.11 Å². The minimum absolute atomic E-state index is 0.217. The van der Waals surface area contributed by atoms with E-state index in [0.29, 0.717) is 17.4 Å². The molecule has 10 heteroatoms. The molecule has 124 valence electrons. The van der Waals surface area contributed by atoms with Crippen molar-refractivity contribution in [3.63, 3.8) is 0 Å². The number of benzene rings is 1. The second-order valence-electron chi connectivity index (χ2n) is 5.01. The molecule has 0 saturated heterocycles. The van der Waals surface area contributed by atoms with E-state index in [4.69, 9.17) is 0 Å². The maximum atomic E-state index is 10.6. The lowest BCUT2D eigenvalue weighted by atomic mass is 10.3. The molecule has 0 bridgehead atoms. The highest BCUT2D eigenvalue weighted by molar-refractivity contribution is 7.85. The van der Waals surface area contributed by atoms with E-state index < -0.39 is 15.9 Å². The van der Waals surface area contributed by atoms with Crippen LogP contribution in [0.15, 0.2) is 40.8 Å². The Morgan fingerprint density at radius 2 is 1.96 bits per heavy atom. The SMILES string of the molecule is CN(C)c1ccc(N=Nc2snc[n+]2CCCS(=O)(=O)[O-])cc1. The quantitative estimate of drug-likeness (QED) is 0.428. The van der Waals surface area contributed by atoms with Gasteiger partial charge in [-0.2, -0.15) is 0 Å². The number of aryl methyl sites for hydroxylation is 1. The Bertz CT molecular complexity index is 769. The molecular formula is C13H17N5O3S2. The molecule has 0 radical (unpaired) electrons. The summed E-state index contributed by atoms with van der Waals surface area (Å²) in [5, 5.41) is 8.82. The fraction of sp³-hybridized carbons (Fsp3) is 0.385. The summed E-state index contributed by atoms with van der Waals surface area (Å²) in [4.78, 5) is 1.99. The van der Waals surface area contributed by atoms with Crippen LogP contribution in [-0.4, -0.2) is 37.2 Å². The van der Waals surface area contributed by atoms with Crippen LogP contribution in [0.4, 0.5) is 16.5 Å². The molecule has 0 N–H and O–H groups in total. The smallest absolute Gasteiger partial charge is 0.378 e. The molecule has 8 nitrogen and oxygen atoms in total. The molecule has 0 fully saturated rings. The monoisotopic (exact) mass is 355 g/mol.